The number of imide groups is 1. The first-order chi connectivity index (χ1) is 9.59. The zero-order chi connectivity index (χ0) is 14.3. The molecular weight excluding hydrogens is 252 g/mol. The molecule has 3 rings (SSSR count). The summed E-state index contributed by atoms with van der Waals surface area (Å²) in [7, 11) is 0. The van der Waals surface area contributed by atoms with Crippen molar-refractivity contribution in [3.63, 3.8) is 0 Å². The van der Waals surface area contributed by atoms with Crippen LogP contribution in [0.5, 0.6) is 0 Å². The summed E-state index contributed by atoms with van der Waals surface area (Å²) in [5, 5.41) is 0. The molecule has 1 saturated heterocycles. The van der Waals surface area contributed by atoms with Crippen molar-refractivity contribution in [3.05, 3.63) is 42.0 Å². The molecule has 1 fully saturated rings. The quantitative estimate of drug-likeness (QED) is 0.509. The summed E-state index contributed by atoms with van der Waals surface area (Å²) in [4.78, 5) is 26.4. The highest BCUT2D eigenvalue weighted by Gasteiger charge is 2.48. The van der Waals surface area contributed by atoms with Gasteiger partial charge in [-0.1, -0.05) is 24.3 Å². The van der Waals surface area contributed by atoms with Crippen molar-refractivity contribution in [3.8, 4) is 0 Å². The molecule has 20 heavy (non-hydrogen) atoms. The second kappa shape index (κ2) is 4.78. The van der Waals surface area contributed by atoms with Gasteiger partial charge in [-0.2, -0.15) is 0 Å². The van der Waals surface area contributed by atoms with E-state index in [0.717, 1.165) is 5.56 Å². The van der Waals surface area contributed by atoms with Gasteiger partial charge in [-0.05, 0) is 37.5 Å². The normalized spacial score (nSPS) is 26.8. The van der Waals surface area contributed by atoms with Gasteiger partial charge in [0.2, 0.25) is 11.8 Å². The molecule has 0 bridgehead atoms. The first kappa shape index (κ1) is 12.9. The van der Waals surface area contributed by atoms with Crippen LogP contribution in [0.1, 0.15) is 31.4 Å². The number of carbonyl (C=O) groups excluding carboxylic acids is 2. The number of hydrogen-bond acceptors (Lipinski definition) is 3. The lowest BCUT2D eigenvalue weighted by atomic mass is 9.85. The Morgan fingerprint density at radius 3 is 2.05 bits per heavy atom. The topological polar surface area (TPSA) is 63.4 Å². The molecule has 0 aromatic heterocycles. The number of fused-ring (bicyclic) bond motifs is 1. The third-order valence-corrected chi connectivity index (χ3v) is 4.35. The van der Waals surface area contributed by atoms with Crippen molar-refractivity contribution in [2.45, 2.75) is 25.8 Å². The average molecular weight is 270 g/mol. The third kappa shape index (κ3) is 1.92. The van der Waals surface area contributed by atoms with E-state index in [1.54, 1.807) is 12.1 Å². The van der Waals surface area contributed by atoms with Crippen LogP contribution in [-0.4, -0.2) is 16.7 Å². The highest BCUT2D eigenvalue weighted by molar-refractivity contribution is 6.05. The second-order valence-corrected chi connectivity index (χ2v) is 5.54. The minimum absolute atomic E-state index is 0.0336. The van der Waals surface area contributed by atoms with Crippen molar-refractivity contribution in [2.24, 2.45) is 11.8 Å². The van der Waals surface area contributed by atoms with E-state index in [1.807, 2.05) is 31.2 Å². The standard InChI is InChI=1S/C16H18N2O2/c1-10(11-6-8-12(17)9-7-11)18-15(19)13-4-2-3-5-14(13)16(18)20/h2-3,6-10,13-14H,4-5,17H2,1H3. The summed E-state index contributed by atoms with van der Waals surface area (Å²) < 4.78 is 0. The van der Waals surface area contributed by atoms with Crippen molar-refractivity contribution in [1.29, 1.82) is 0 Å². The molecule has 4 nitrogen and oxygen atoms in total. The fraction of sp³-hybridized carbons (Fsp3) is 0.375. The van der Waals surface area contributed by atoms with Crippen molar-refractivity contribution in [1.82, 2.24) is 4.90 Å². The number of carbonyl (C=O) groups is 2. The van der Waals surface area contributed by atoms with Gasteiger partial charge in [-0.3, -0.25) is 14.5 Å². The molecule has 1 aromatic carbocycles. The van der Waals surface area contributed by atoms with E-state index in [2.05, 4.69) is 0 Å². The number of benzene rings is 1. The van der Waals surface area contributed by atoms with Crippen molar-refractivity contribution in [2.75, 3.05) is 5.73 Å². The van der Waals surface area contributed by atoms with Gasteiger partial charge in [0.15, 0.2) is 0 Å². The van der Waals surface area contributed by atoms with Crippen LogP contribution < -0.4 is 5.73 Å². The van der Waals surface area contributed by atoms with Crippen molar-refractivity contribution < 1.29 is 9.59 Å². The average Bonchev–Trinajstić information content (AvgIpc) is 2.72. The van der Waals surface area contributed by atoms with E-state index in [1.165, 1.54) is 4.90 Å². The minimum Gasteiger partial charge on any atom is -0.399 e. The predicted molar refractivity (Wildman–Crippen MR) is 76.5 cm³/mol. The maximum atomic E-state index is 12.5. The summed E-state index contributed by atoms with van der Waals surface area (Å²) in [5.74, 6) is -0.394. The van der Waals surface area contributed by atoms with Gasteiger partial charge < -0.3 is 5.73 Å². The Morgan fingerprint density at radius 2 is 1.55 bits per heavy atom. The van der Waals surface area contributed by atoms with Gasteiger partial charge in [-0.15, -0.1) is 0 Å². The van der Waals surface area contributed by atoms with E-state index >= 15 is 0 Å². The van der Waals surface area contributed by atoms with Gasteiger partial charge in [-0.25, -0.2) is 0 Å². The van der Waals surface area contributed by atoms with Gasteiger partial charge in [0, 0.05) is 5.69 Å². The fourth-order valence-electron chi connectivity index (χ4n) is 3.13. The molecule has 2 N–H and O–H groups in total. The summed E-state index contributed by atoms with van der Waals surface area (Å²) in [6.07, 6.45) is 5.37. The Labute approximate surface area is 118 Å². The van der Waals surface area contributed by atoms with E-state index < -0.39 is 0 Å². The Bertz CT molecular complexity index is 551. The van der Waals surface area contributed by atoms with Gasteiger partial charge >= 0.3 is 0 Å². The van der Waals surface area contributed by atoms with Gasteiger partial charge in [0.1, 0.15) is 0 Å². The van der Waals surface area contributed by atoms with Gasteiger partial charge in [0.25, 0.3) is 0 Å². The summed E-state index contributed by atoms with van der Waals surface area (Å²) >= 11 is 0. The zero-order valence-electron chi connectivity index (χ0n) is 11.5. The van der Waals surface area contributed by atoms with Crippen LogP contribution in [0.2, 0.25) is 0 Å². The number of anilines is 1. The van der Waals surface area contributed by atoms with Crippen molar-refractivity contribution >= 4 is 17.5 Å². The van der Waals surface area contributed by atoms with E-state index in [4.69, 9.17) is 5.73 Å². The Hall–Kier alpha value is -2.10. The molecule has 1 aliphatic heterocycles. The number of nitrogen functional groups attached to an aromatic ring is 1. The molecular formula is C16H18N2O2. The molecule has 3 atom stereocenters. The summed E-state index contributed by atoms with van der Waals surface area (Å²) in [6.45, 7) is 1.89. The lowest BCUT2D eigenvalue weighted by molar-refractivity contribution is -0.142. The summed E-state index contributed by atoms with van der Waals surface area (Å²) in [5.41, 5.74) is 7.29. The SMILES string of the molecule is CC(c1ccc(N)cc1)N1C(=O)C2CC=CCC2C1=O. The van der Waals surface area contributed by atoms with E-state index in [9.17, 15) is 9.59 Å². The lowest BCUT2D eigenvalue weighted by Crippen LogP contribution is -2.33. The van der Waals surface area contributed by atoms with Crippen LogP contribution in [0, 0.1) is 11.8 Å². The van der Waals surface area contributed by atoms with Crippen LogP contribution in [0.15, 0.2) is 36.4 Å². The molecule has 3 unspecified atom stereocenters. The van der Waals surface area contributed by atoms with Crippen LogP contribution >= 0.6 is 0 Å². The molecule has 0 spiro atoms. The molecule has 104 valence electrons. The Balaban J connectivity index is 1.88. The van der Waals surface area contributed by atoms with Crippen LogP contribution in [-0.2, 0) is 9.59 Å². The highest BCUT2D eigenvalue weighted by Crippen LogP contribution is 2.39. The number of hydrogen-bond donors (Lipinski definition) is 1. The number of nitrogens with two attached hydrogens (primary N) is 1. The molecule has 1 aliphatic carbocycles. The minimum atomic E-state index is -0.235. The number of likely N-dealkylation sites (tertiary alicyclic amines) is 1. The third-order valence-electron chi connectivity index (χ3n) is 4.35. The fourth-order valence-corrected chi connectivity index (χ4v) is 3.13. The molecule has 0 radical (unpaired) electrons. The maximum absolute atomic E-state index is 12.5. The van der Waals surface area contributed by atoms with Crippen LogP contribution in [0.4, 0.5) is 5.69 Å². The molecule has 0 saturated carbocycles. The monoisotopic (exact) mass is 270 g/mol. The molecule has 2 amide bonds. The van der Waals surface area contributed by atoms with Crippen LogP contribution in [0.25, 0.3) is 0 Å². The van der Waals surface area contributed by atoms with E-state index in [0.29, 0.717) is 18.5 Å². The second-order valence-electron chi connectivity index (χ2n) is 5.54. The largest absolute Gasteiger partial charge is 0.399 e. The smallest absolute Gasteiger partial charge is 0.233 e. The molecule has 1 heterocycles. The first-order valence-corrected chi connectivity index (χ1v) is 6.97. The maximum Gasteiger partial charge on any atom is 0.233 e. The number of allylic oxidation sites excluding steroid dienone is 2. The van der Waals surface area contributed by atoms with Crippen LogP contribution in [0.3, 0.4) is 0 Å². The Morgan fingerprint density at radius 1 is 1.05 bits per heavy atom. The predicted octanol–water partition coefficient (Wildman–Crippen LogP) is 2.28. The molecule has 4 heteroatoms. The molecule has 1 aromatic rings. The number of rotatable bonds is 2. The van der Waals surface area contributed by atoms with E-state index in [-0.39, 0.29) is 29.7 Å². The van der Waals surface area contributed by atoms with Gasteiger partial charge in [0.05, 0.1) is 17.9 Å². The first-order valence-electron chi connectivity index (χ1n) is 6.97. The zero-order valence-corrected chi connectivity index (χ0v) is 11.5. The lowest BCUT2D eigenvalue weighted by Gasteiger charge is -2.23. The highest BCUT2D eigenvalue weighted by atomic mass is 16.2. The number of amides is 2. The number of nitrogens with zero attached hydrogens (tertiary/aromatic N) is 1. The Kier molecular flexibility index (Phi) is 3.08. The molecule has 2 aliphatic rings. The summed E-state index contributed by atoms with van der Waals surface area (Å²) in [6, 6.07) is 7.11.